The monoisotopic (exact) mass is 512 g/mol. The molecule has 3 aromatic rings. The van der Waals surface area contributed by atoms with Gasteiger partial charge in [0.15, 0.2) is 0 Å². The summed E-state index contributed by atoms with van der Waals surface area (Å²) < 4.78 is 1.99. The number of benzene rings is 2. The van der Waals surface area contributed by atoms with Crippen molar-refractivity contribution in [3.05, 3.63) is 89.1 Å². The van der Waals surface area contributed by atoms with Crippen molar-refractivity contribution in [3.8, 4) is 0 Å². The molecular formula is C31H36N4O3. The Hall–Kier alpha value is -3.87. The van der Waals surface area contributed by atoms with Gasteiger partial charge in [0.25, 0.3) is 5.91 Å². The Morgan fingerprint density at radius 1 is 1.03 bits per heavy atom. The van der Waals surface area contributed by atoms with Gasteiger partial charge in [-0.25, -0.2) is 4.98 Å². The molecule has 0 bridgehead atoms. The Labute approximate surface area is 224 Å². The summed E-state index contributed by atoms with van der Waals surface area (Å²) in [6.07, 6.45) is 10.1. The smallest absolute Gasteiger partial charge is 0.303 e. The highest BCUT2D eigenvalue weighted by Gasteiger charge is 2.24. The minimum absolute atomic E-state index is 0.179. The zero-order valence-corrected chi connectivity index (χ0v) is 22.1. The van der Waals surface area contributed by atoms with Gasteiger partial charge < -0.3 is 19.9 Å². The topological polar surface area (TPSA) is 87.5 Å². The standard InChI is InChI=1S/C31H36N4O3/c1-21(2)24-7-5-23(6-8-24)18-32-31(38)28-19-35-20-34(16-15-29(35)33-28)27-13-11-26(12-14-27)25-9-3-22(4-10-25)17-30(36)37/h5-8,11-16,19,21-22,25H,3-4,9-10,17-18,20H2,1-2H3,(H,32,38)(H,36,37). The molecule has 1 fully saturated rings. The molecule has 0 radical (unpaired) electrons. The lowest BCUT2D eigenvalue weighted by molar-refractivity contribution is -0.138. The number of carboxylic acid groups (broad SMARTS) is 1. The van der Waals surface area contributed by atoms with Crippen molar-refractivity contribution in [1.29, 1.82) is 0 Å². The second-order valence-corrected chi connectivity index (χ2v) is 10.9. The van der Waals surface area contributed by atoms with Crippen molar-refractivity contribution >= 4 is 23.6 Å². The zero-order chi connectivity index (χ0) is 26.6. The second-order valence-electron chi connectivity index (χ2n) is 10.9. The van der Waals surface area contributed by atoms with Crippen molar-refractivity contribution in [2.75, 3.05) is 4.90 Å². The van der Waals surface area contributed by atoms with E-state index in [9.17, 15) is 9.59 Å². The molecule has 2 aromatic carbocycles. The van der Waals surface area contributed by atoms with E-state index in [1.54, 1.807) is 0 Å². The van der Waals surface area contributed by atoms with Gasteiger partial charge in [-0.3, -0.25) is 9.59 Å². The van der Waals surface area contributed by atoms with Crippen molar-refractivity contribution in [2.45, 2.75) is 71.0 Å². The van der Waals surface area contributed by atoms with Crippen LogP contribution in [0.5, 0.6) is 0 Å². The van der Waals surface area contributed by atoms with E-state index in [0.717, 1.165) is 42.8 Å². The molecule has 1 aliphatic heterocycles. The zero-order valence-electron chi connectivity index (χ0n) is 22.1. The summed E-state index contributed by atoms with van der Waals surface area (Å²) in [4.78, 5) is 30.4. The first-order valence-electron chi connectivity index (χ1n) is 13.6. The van der Waals surface area contributed by atoms with Crippen molar-refractivity contribution < 1.29 is 14.7 Å². The molecule has 0 spiro atoms. The third-order valence-electron chi connectivity index (χ3n) is 7.85. The summed E-state index contributed by atoms with van der Waals surface area (Å²) in [5, 5.41) is 12.0. The minimum atomic E-state index is -0.687. The molecule has 38 heavy (non-hydrogen) atoms. The summed E-state index contributed by atoms with van der Waals surface area (Å²) in [7, 11) is 0. The van der Waals surface area contributed by atoms with Crippen LogP contribution < -0.4 is 10.2 Å². The minimum Gasteiger partial charge on any atom is -0.481 e. The number of nitrogens with one attached hydrogen (secondary N) is 1. The van der Waals surface area contributed by atoms with Crippen molar-refractivity contribution in [1.82, 2.24) is 14.9 Å². The summed E-state index contributed by atoms with van der Waals surface area (Å²) >= 11 is 0. The van der Waals surface area contributed by atoms with E-state index in [2.05, 4.69) is 77.6 Å². The summed E-state index contributed by atoms with van der Waals surface area (Å²) in [5.74, 6) is 1.20. The molecule has 0 atom stereocenters. The number of nitrogens with zero attached hydrogens (tertiary/aromatic N) is 3. The lowest BCUT2D eigenvalue weighted by Gasteiger charge is -2.29. The fourth-order valence-corrected chi connectivity index (χ4v) is 5.50. The normalized spacial score (nSPS) is 18.9. The average Bonchev–Trinajstić information content (AvgIpc) is 3.36. The molecule has 198 valence electrons. The highest BCUT2D eigenvalue weighted by atomic mass is 16.4. The van der Waals surface area contributed by atoms with E-state index in [4.69, 9.17) is 5.11 Å². The van der Waals surface area contributed by atoms with E-state index in [-0.39, 0.29) is 5.91 Å². The lowest BCUT2D eigenvalue weighted by atomic mass is 9.77. The van der Waals surface area contributed by atoms with Gasteiger partial charge >= 0.3 is 5.97 Å². The largest absolute Gasteiger partial charge is 0.481 e. The SMILES string of the molecule is CC(C)c1ccc(CNC(=O)c2cn3c(n2)C=CN(c2ccc(C4CCC(CC(=O)O)CC4)cc2)C3)cc1. The highest BCUT2D eigenvalue weighted by molar-refractivity contribution is 5.92. The van der Waals surface area contributed by atoms with E-state index in [1.165, 1.54) is 11.1 Å². The fraction of sp³-hybridized carbons (Fsp3) is 0.387. The second kappa shape index (κ2) is 11.3. The number of fused-ring (bicyclic) bond motifs is 1. The summed E-state index contributed by atoms with van der Waals surface area (Å²) in [6, 6.07) is 17.0. The van der Waals surface area contributed by atoms with Gasteiger partial charge in [-0.05, 0) is 78.3 Å². The molecule has 1 aromatic heterocycles. The summed E-state index contributed by atoms with van der Waals surface area (Å²) in [5.41, 5.74) is 5.17. The van der Waals surface area contributed by atoms with E-state index in [1.807, 2.05) is 23.0 Å². The summed E-state index contributed by atoms with van der Waals surface area (Å²) in [6.45, 7) is 5.39. The molecule has 5 rings (SSSR count). The lowest BCUT2D eigenvalue weighted by Crippen LogP contribution is -2.24. The number of hydrogen-bond acceptors (Lipinski definition) is 4. The third kappa shape index (κ3) is 5.98. The molecule has 7 heteroatoms. The maximum absolute atomic E-state index is 12.8. The Morgan fingerprint density at radius 2 is 1.74 bits per heavy atom. The van der Waals surface area contributed by atoms with Gasteiger partial charge in [-0.15, -0.1) is 0 Å². The van der Waals surface area contributed by atoms with Gasteiger partial charge in [0.05, 0.1) is 0 Å². The van der Waals surface area contributed by atoms with Crippen LogP contribution in [0.3, 0.4) is 0 Å². The first-order chi connectivity index (χ1) is 18.4. The number of anilines is 1. The van der Waals surface area contributed by atoms with Crippen LogP contribution in [0.15, 0.2) is 60.9 Å². The van der Waals surface area contributed by atoms with Gasteiger partial charge in [-0.2, -0.15) is 0 Å². The fourth-order valence-electron chi connectivity index (χ4n) is 5.50. The van der Waals surface area contributed by atoms with Crippen LogP contribution in [0.2, 0.25) is 0 Å². The van der Waals surface area contributed by atoms with Crippen LogP contribution in [-0.4, -0.2) is 26.5 Å². The first-order valence-corrected chi connectivity index (χ1v) is 13.6. The molecule has 1 saturated carbocycles. The van der Waals surface area contributed by atoms with Crippen LogP contribution in [0.1, 0.15) is 90.8 Å². The van der Waals surface area contributed by atoms with Gasteiger partial charge in [0.1, 0.15) is 18.2 Å². The van der Waals surface area contributed by atoms with E-state index in [0.29, 0.717) is 43.1 Å². The highest BCUT2D eigenvalue weighted by Crippen LogP contribution is 2.37. The number of amides is 1. The molecule has 0 saturated heterocycles. The quantitative estimate of drug-likeness (QED) is 0.379. The van der Waals surface area contributed by atoms with E-state index >= 15 is 0 Å². The van der Waals surface area contributed by atoms with Crippen molar-refractivity contribution in [3.63, 3.8) is 0 Å². The molecular weight excluding hydrogens is 476 g/mol. The number of carboxylic acids is 1. The molecule has 7 nitrogen and oxygen atoms in total. The predicted octanol–water partition coefficient (Wildman–Crippen LogP) is 6.13. The van der Waals surface area contributed by atoms with Gasteiger partial charge in [0.2, 0.25) is 0 Å². The predicted molar refractivity (Wildman–Crippen MR) is 149 cm³/mol. The average molecular weight is 513 g/mol. The van der Waals surface area contributed by atoms with Crippen LogP contribution >= 0.6 is 0 Å². The van der Waals surface area contributed by atoms with Crippen molar-refractivity contribution in [2.24, 2.45) is 5.92 Å². The number of carbonyl (C=O) groups is 2. The number of aliphatic carboxylic acids is 1. The molecule has 2 aliphatic rings. The molecule has 1 amide bonds. The van der Waals surface area contributed by atoms with Crippen LogP contribution in [0.25, 0.3) is 6.08 Å². The number of hydrogen-bond donors (Lipinski definition) is 2. The molecule has 2 heterocycles. The third-order valence-corrected chi connectivity index (χ3v) is 7.85. The van der Waals surface area contributed by atoms with E-state index < -0.39 is 5.97 Å². The van der Waals surface area contributed by atoms with Crippen LogP contribution in [-0.2, 0) is 18.0 Å². The maximum atomic E-state index is 12.8. The van der Waals surface area contributed by atoms with Crippen LogP contribution in [0, 0.1) is 5.92 Å². The Morgan fingerprint density at radius 3 is 2.39 bits per heavy atom. The first kappa shape index (κ1) is 25.8. The van der Waals surface area contributed by atoms with Crippen LogP contribution in [0.4, 0.5) is 5.69 Å². The molecule has 1 aliphatic carbocycles. The maximum Gasteiger partial charge on any atom is 0.303 e. The van der Waals surface area contributed by atoms with Gasteiger partial charge in [-0.1, -0.05) is 50.2 Å². The Bertz CT molecular complexity index is 1300. The number of imidazole rings is 1. The number of rotatable bonds is 8. The number of aromatic nitrogens is 2. The Kier molecular flexibility index (Phi) is 7.63. The van der Waals surface area contributed by atoms with Gasteiger partial charge in [0, 0.05) is 31.0 Å². The molecule has 0 unspecified atom stereocenters. The molecule has 2 N–H and O–H groups in total. The Balaban J connectivity index is 1.16. The number of carbonyl (C=O) groups excluding carboxylic acids is 1.